The molecule has 1 aromatic rings. The predicted molar refractivity (Wildman–Crippen MR) is 76.0 cm³/mol. The molecule has 1 atom stereocenters. The first-order valence-electron chi connectivity index (χ1n) is 7.34. The number of hydrogen-bond acceptors (Lipinski definition) is 6. The molecule has 3 heterocycles. The van der Waals surface area contributed by atoms with E-state index in [-0.39, 0.29) is 11.9 Å². The second-order valence-corrected chi connectivity index (χ2v) is 5.25. The molecule has 7 nitrogen and oxygen atoms in total. The zero-order chi connectivity index (χ0) is 14.5. The van der Waals surface area contributed by atoms with E-state index in [1.807, 2.05) is 4.90 Å². The van der Waals surface area contributed by atoms with Crippen molar-refractivity contribution in [3.63, 3.8) is 0 Å². The van der Waals surface area contributed by atoms with Gasteiger partial charge in [0.1, 0.15) is 0 Å². The van der Waals surface area contributed by atoms with Crippen LogP contribution in [0.15, 0.2) is 18.5 Å². The summed E-state index contributed by atoms with van der Waals surface area (Å²) in [6.45, 7) is 3.11. The summed E-state index contributed by atoms with van der Waals surface area (Å²) in [5.41, 5.74) is 0. The minimum Gasteiger partial charge on any atom is -0.381 e. The van der Waals surface area contributed by atoms with Crippen LogP contribution in [-0.4, -0.2) is 60.9 Å². The van der Waals surface area contributed by atoms with Crippen LogP contribution in [0.25, 0.3) is 0 Å². The third-order valence-electron chi connectivity index (χ3n) is 3.76. The maximum absolute atomic E-state index is 12.3. The average molecular weight is 292 g/mol. The molecule has 2 aliphatic heterocycles. The van der Waals surface area contributed by atoms with Gasteiger partial charge in [-0.25, -0.2) is 9.97 Å². The van der Waals surface area contributed by atoms with Crippen molar-refractivity contribution >= 4 is 11.9 Å². The van der Waals surface area contributed by atoms with Crippen molar-refractivity contribution < 1.29 is 14.3 Å². The van der Waals surface area contributed by atoms with Crippen molar-refractivity contribution in [3.8, 4) is 0 Å². The Morgan fingerprint density at radius 2 is 2.00 bits per heavy atom. The van der Waals surface area contributed by atoms with E-state index < -0.39 is 6.10 Å². The van der Waals surface area contributed by atoms with Crippen LogP contribution in [0.2, 0.25) is 0 Å². The highest BCUT2D eigenvalue weighted by atomic mass is 16.5. The molecule has 0 radical (unpaired) electrons. The standard InChI is InChI=1S/C14H20N4O3/c19-13(17-11-2-7-20-8-3-11)12-10-18(6-9-21-12)14-15-4-1-5-16-14/h1,4-5,11-12H,2-3,6-10H2,(H,17,19). The summed E-state index contributed by atoms with van der Waals surface area (Å²) in [7, 11) is 0. The number of rotatable bonds is 3. The van der Waals surface area contributed by atoms with Gasteiger partial charge in [0.15, 0.2) is 6.10 Å². The molecule has 2 aliphatic rings. The van der Waals surface area contributed by atoms with Crippen molar-refractivity contribution in [2.24, 2.45) is 0 Å². The third kappa shape index (κ3) is 3.68. The number of morpholine rings is 1. The molecule has 2 saturated heterocycles. The molecule has 0 bridgehead atoms. The van der Waals surface area contributed by atoms with Gasteiger partial charge in [-0.05, 0) is 18.9 Å². The second kappa shape index (κ2) is 6.82. The van der Waals surface area contributed by atoms with Gasteiger partial charge in [-0.3, -0.25) is 4.79 Å². The number of carbonyl (C=O) groups excluding carboxylic acids is 1. The van der Waals surface area contributed by atoms with Gasteiger partial charge in [-0.1, -0.05) is 0 Å². The number of ether oxygens (including phenoxy) is 2. The summed E-state index contributed by atoms with van der Waals surface area (Å²) < 4.78 is 10.9. The first-order valence-corrected chi connectivity index (χ1v) is 7.34. The Morgan fingerprint density at radius 3 is 2.76 bits per heavy atom. The largest absolute Gasteiger partial charge is 0.381 e. The number of amides is 1. The molecule has 1 amide bonds. The fourth-order valence-corrected chi connectivity index (χ4v) is 2.58. The van der Waals surface area contributed by atoms with E-state index in [0.29, 0.717) is 38.9 Å². The van der Waals surface area contributed by atoms with Crippen LogP contribution in [0.3, 0.4) is 0 Å². The monoisotopic (exact) mass is 292 g/mol. The fraction of sp³-hybridized carbons (Fsp3) is 0.643. The molecule has 1 aromatic heterocycles. The van der Waals surface area contributed by atoms with Crippen LogP contribution in [-0.2, 0) is 14.3 Å². The molecule has 1 N–H and O–H groups in total. The van der Waals surface area contributed by atoms with Gasteiger partial charge in [0, 0.05) is 38.2 Å². The van der Waals surface area contributed by atoms with E-state index in [4.69, 9.17) is 9.47 Å². The highest BCUT2D eigenvalue weighted by Crippen LogP contribution is 2.13. The molecular weight excluding hydrogens is 272 g/mol. The van der Waals surface area contributed by atoms with Crippen molar-refractivity contribution in [2.45, 2.75) is 25.0 Å². The molecule has 0 aliphatic carbocycles. The number of hydrogen-bond donors (Lipinski definition) is 1. The molecule has 2 fully saturated rings. The maximum Gasteiger partial charge on any atom is 0.251 e. The Kier molecular flexibility index (Phi) is 4.62. The van der Waals surface area contributed by atoms with Crippen LogP contribution >= 0.6 is 0 Å². The Hall–Kier alpha value is -1.73. The Morgan fingerprint density at radius 1 is 1.24 bits per heavy atom. The first-order chi connectivity index (χ1) is 10.3. The number of anilines is 1. The van der Waals surface area contributed by atoms with Crippen molar-refractivity contribution in [1.82, 2.24) is 15.3 Å². The summed E-state index contributed by atoms with van der Waals surface area (Å²) >= 11 is 0. The average Bonchev–Trinajstić information content (AvgIpc) is 2.57. The predicted octanol–water partition coefficient (Wildman–Crippen LogP) is -0.0230. The number of nitrogens with zero attached hydrogens (tertiary/aromatic N) is 3. The quantitative estimate of drug-likeness (QED) is 0.843. The van der Waals surface area contributed by atoms with Gasteiger partial charge < -0.3 is 19.7 Å². The molecule has 1 unspecified atom stereocenters. The Bertz CT molecular complexity index is 465. The van der Waals surface area contributed by atoms with Gasteiger partial charge in [-0.2, -0.15) is 0 Å². The number of aromatic nitrogens is 2. The Labute approximate surface area is 123 Å². The van der Waals surface area contributed by atoms with Gasteiger partial charge in [0.05, 0.1) is 13.2 Å². The van der Waals surface area contributed by atoms with Crippen LogP contribution < -0.4 is 10.2 Å². The van der Waals surface area contributed by atoms with Crippen molar-refractivity contribution in [2.75, 3.05) is 37.8 Å². The SMILES string of the molecule is O=C(NC1CCOCC1)C1CN(c2ncccn2)CCO1. The van der Waals surface area contributed by atoms with E-state index in [1.165, 1.54) is 0 Å². The van der Waals surface area contributed by atoms with Gasteiger partial charge in [-0.15, -0.1) is 0 Å². The molecule has 7 heteroatoms. The highest BCUT2D eigenvalue weighted by Gasteiger charge is 2.29. The molecular formula is C14H20N4O3. The molecule has 0 aromatic carbocycles. The maximum atomic E-state index is 12.3. The van der Waals surface area contributed by atoms with Crippen LogP contribution in [0.5, 0.6) is 0 Å². The smallest absolute Gasteiger partial charge is 0.251 e. The van der Waals surface area contributed by atoms with Crippen LogP contribution in [0.1, 0.15) is 12.8 Å². The molecule has 0 saturated carbocycles. The fourth-order valence-electron chi connectivity index (χ4n) is 2.58. The van der Waals surface area contributed by atoms with Crippen molar-refractivity contribution in [1.29, 1.82) is 0 Å². The normalized spacial score (nSPS) is 23.8. The lowest BCUT2D eigenvalue weighted by Gasteiger charge is -2.33. The highest BCUT2D eigenvalue weighted by molar-refractivity contribution is 5.82. The van der Waals surface area contributed by atoms with Crippen molar-refractivity contribution in [3.05, 3.63) is 18.5 Å². The summed E-state index contributed by atoms with van der Waals surface area (Å²) in [6.07, 6.45) is 4.67. The lowest BCUT2D eigenvalue weighted by molar-refractivity contribution is -0.134. The third-order valence-corrected chi connectivity index (χ3v) is 3.76. The van der Waals surface area contributed by atoms with Gasteiger partial charge in [0.2, 0.25) is 5.95 Å². The van der Waals surface area contributed by atoms with E-state index >= 15 is 0 Å². The van der Waals surface area contributed by atoms with Gasteiger partial charge >= 0.3 is 0 Å². The van der Waals surface area contributed by atoms with E-state index in [0.717, 1.165) is 12.8 Å². The zero-order valence-electron chi connectivity index (χ0n) is 11.9. The zero-order valence-corrected chi connectivity index (χ0v) is 11.9. The molecule has 114 valence electrons. The Balaban J connectivity index is 1.56. The molecule has 0 spiro atoms. The van der Waals surface area contributed by atoms with Crippen LogP contribution in [0, 0.1) is 0 Å². The summed E-state index contributed by atoms with van der Waals surface area (Å²) in [4.78, 5) is 22.7. The number of carbonyl (C=O) groups is 1. The first kappa shape index (κ1) is 14.2. The summed E-state index contributed by atoms with van der Waals surface area (Å²) in [5, 5.41) is 3.05. The molecule has 21 heavy (non-hydrogen) atoms. The second-order valence-electron chi connectivity index (χ2n) is 5.25. The topological polar surface area (TPSA) is 76.6 Å². The summed E-state index contributed by atoms with van der Waals surface area (Å²) in [6, 6.07) is 1.97. The van der Waals surface area contributed by atoms with Crippen LogP contribution in [0.4, 0.5) is 5.95 Å². The minimum atomic E-state index is -0.467. The number of nitrogens with one attached hydrogen (secondary N) is 1. The lowest BCUT2D eigenvalue weighted by atomic mass is 10.1. The van der Waals surface area contributed by atoms with E-state index in [9.17, 15) is 4.79 Å². The minimum absolute atomic E-state index is 0.0532. The van der Waals surface area contributed by atoms with E-state index in [2.05, 4.69) is 15.3 Å². The van der Waals surface area contributed by atoms with E-state index in [1.54, 1.807) is 18.5 Å². The molecule has 3 rings (SSSR count). The summed E-state index contributed by atoms with van der Waals surface area (Å²) in [5.74, 6) is 0.590. The lowest BCUT2D eigenvalue weighted by Crippen LogP contribution is -2.52. The van der Waals surface area contributed by atoms with Gasteiger partial charge in [0.25, 0.3) is 5.91 Å².